The quantitative estimate of drug-likeness (QED) is 0.117. The van der Waals surface area contributed by atoms with Crippen LogP contribution in [0.2, 0.25) is 0 Å². The third-order valence-corrected chi connectivity index (χ3v) is 9.44. The summed E-state index contributed by atoms with van der Waals surface area (Å²) in [6.45, 7) is 2.12. The minimum absolute atomic E-state index is 0.172. The fourth-order valence-corrected chi connectivity index (χ4v) is 7.05. The molecule has 0 amide bonds. The fourth-order valence-electron chi connectivity index (χ4n) is 5.01. The van der Waals surface area contributed by atoms with E-state index in [1.54, 1.807) is 50.7 Å². The molecule has 0 bridgehead atoms. The molecule has 0 aliphatic heterocycles. The molecule has 0 unspecified atom stereocenters. The average molecular weight is 715 g/mol. The van der Waals surface area contributed by atoms with E-state index in [4.69, 9.17) is 18.9 Å². The van der Waals surface area contributed by atoms with Gasteiger partial charge in [-0.25, -0.2) is 24.1 Å². The van der Waals surface area contributed by atoms with E-state index in [0.29, 0.717) is 39.0 Å². The first-order valence-electron chi connectivity index (χ1n) is 14.8. The highest BCUT2D eigenvalue weighted by molar-refractivity contribution is 9.10. The monoisotopic (exact) mass is 713 g/mol. The lowest BCUT2D eigenvalue weighted by atomic mass is 10.1. The van der Waals surface area contributed by atoms with E-state index in [1.165, 1.54) is 23.5 Å². The zero-order chi connectivity index (χ0) is 32.8. The number of rotatable bonds is 12. The highest BCUT2D eigenvalue weighted by Crippen LogP contribution is 2.45. The number of para-hydroxylation sites is 2. The van der Waals surface area contributed by atoms with Gasteiger partial charge in [-0.1, -0.05) is 42.5 Å². The highest BCUT2D eigenvalue weighted by Gasteiger charge is 2.27. The zero-order valence-corrected chi connectivity index (χ0v) is 27.9. The van der Waals surface area contributed by atoms with Crippen molar-refractivity contribution in [3.8, 4) is 39.1 Å². The largest absolute Gasteiger partial charge is 0.496 e. The topological polar surface area (TPSA) is 92.7 Å². The second kappa shape index (κ2) is 14.7. The molecule has 0 aliphatic rings. The Bertz CT molecular complexity index is 2020. The summed E-state index contributed by atoms with van der Waals surface area (Å²) in [5.41, 5.74) is 3.04. The molecule has 0 aliphatic carbocycles. The number of methoxy groups -OCH3 is 1. The standard InChI is InChI=1S/C36H29BrFN3O5S/c1-3-44-36(42)30(46-29-17-19-40-35-31(29)32(37)33(47-35)22-12-14-24(38)15-13-22)20-23-8-4-6-10-27(23)45-21-25-16-18-39-34(41-25)26-9-5-7-11-28(26)43-2/h4-19,30H,3,20-21H2,1-2H3/t30-/m1/s1. The lowest BCUT2D eigenvalue weighted by Gasteiger charge is -2.20. The van der Waals surface area contributed by atoms with Crippen LogP contribution in [-0.4, -0.2) is 40.7 Å². The summed E-state index contributed by atoms with van der Waals surface area (Å²) in [7, 11) is 1.61. The Morgan fingerprint density at radius 1 is 0.915 bits per heavy atom. The molecule has 0 spiro atoms. The molecule has 238 valence electrons. The first-order valence-corrected chi connectivity index (χ1v) is 16.4. The van der Waals surface area contributed by atoms with Crippen LogP contribution in [0.15, 0.2) is 102 Å². The maximum absolute atomic E-state index is 13.6. The van der Waals surface area contributed by atoms with Crippen molar-refractivity contribution in [1.82, 2.24) is 15.0 Å². The van der Waals surface area contributed by atoms with Crippen LogP contribution in [0, 0.1) is 5.82 Å². The molecular formula is C36H29BrFN3O5S. The van der Waals surface area contributed by atoms with Crippen LogP contribution in [0.4, 0.5) is 4.39 Å². The Hall–Kier alpha value is -4.87. The maximum atomic E-state index is 13.6. The third kappa shape index (κ3) is 7.26. The lowest BCUT2D eigenvalue weighted by molar-refractivity contribution is -0.151. The number of halogens is 2. The van der Waals surface area contributed by atoms with Crippen molar-refractivity contribution in [2.24, 2.45) is 0 Å². The number of esters is 1. The van der Waals surface area contributed by atoms with Crippen molar-refractivity contribution < 1.29 is 28.1 Å². The molecular weight excluding hydrogens is 685 g/mol. The van der Waals surface area contributed by atoms with Crippen molar-refractivity contribution in [3.63, 3.8) is 0 Å². The number of ether oxygens (including phenoxy) is 4. The molecule has 3 heterocycles. The number of fused-ring (bicyclic) bond motifs is 1. The Labute approximate surface area is 283 Å². The van der Waals surface area contributed by atoms with Crippen LogP contribution in [0.25, 0.3) is 32.0 Å². The molecule has 8 nitrogen and oxygen atoms in total. The van der Waals surface area contributed by atoms with Gasteiger partial charge in [0, 0.05) is 23.3 Å². The van der Waals surface area contributed by atoms with E-state index in [1.807, 2.05) is 48.5 Å². The minimum Gasteiger partial charge on any atom is -0.496 e. The summed E-state index contributed by atoms with van der Waals surface area (Å²) in [5.74, 6) is 1.43. The summed E-state index contributed by atoms with van der Waals surface area (Å²) in [6, 6.07) is 24.8. The van der Waals surface area contributed by atoms with Gasteiger partial charge in [-0.2, -0.15) is 0 Å². The summed E-state index contributed by atoms with van der Waals surface area (Å²) in [5, 5.41) is 0.713. The molecule has 1 atom stereocenters. The average Bonchev–Trinajstić information content (AvgIpc) is 3.44. The SMILES string of the molecule is CCOC(=O)[C@@H](Cc1ccccc1OCc1ccnc(-c2ccccc2OC)n1)Oc1ccnc2sc(-c3ccc(F)cc3)c(Br)c12. The normalized spacial score (nSPS) is 11.7. The number of nitrogens with zero attached hydrogens (tertiary/aromatic N) is 3. The smallest absolute Gasteiger partial charge is 0.347 e. The van der Waals surface area contributed by atoms with E-state index >= 15 is 0 Å². The summed E-state index contributed by atoms with van der Waals surface area (Å²) >= 11 is 5.15. The Morgan fingerprint density at radius 3 is 2.45 bits per heavy atom. The van der Waals surface area contributed by atoms with Crippen molar-refractivity contribution in [3.05, 3.63) is 119 Å². The van der Waals surface area contributed by atoms with E-state index in [2.05, 4.69) is 30.9 Å². The van der Waals surface area contributed by atoms with Crippen LogP contribution in [0.1, 0.15) is 18.2 Å². The van der Waals surface area contributed by atoms with Crippen LogP contribution in [0.5, 0.6) is 17.2 Å². The molecule has 0 fully saturated rings. The van der Waals surface area contributed by atoms with Gasteiger partial charge in [-0.15, -0.1) is 11.3 Å². The molecule has 6 aromatic rings. The van der Waals surface area contributed by atoms with Crippen molar-refractivity contribution in [1.29, 1.82) is 0 Å². The predicted molar refractivity (Wildman–Crippen MR) is 182 cm³/mol. The molecule has 0 radical (unpaired) electrons. The predicted octanol–water partition coefficient (Wildman–Crippen LogP) is 8.46. The van der Waals surface area contributed by atoms with E-state index in [9.17, 15) is 9.18 Å². The number of hydrogen-bond donors (Lipinski definition) is 0. The van der Waals surface area contributed by atoms with Gasteiger partial charge in [0.25, 0.3) is 0 Å². The van der Waals surface area contributed by atoms with E-state index in [-0.39, 0.29) is 25.5 Å². The van der Waals surface area contributed by atoms with Gasteiger partial charge in [0.2, 0.25) is 0 Å². The summed E-state index contributed by atoms with van der Waals surface area (Å²) in [6.07, 6.45) is 2.52. The number of hydrogen-bond acceptors (Lipinski definition) is 9. The molecule has 47 heavy (non-hydrogen) atoms. The number of aromatic nitrogens is 3. The zero-order valence-electron chi connectivity index (χ0n) is 25.5. The minimum atomic E-state index is -0.984. The summed E-state index contributed by atoms with van der Waals surface area (Å²) < 4.78 is 37.9. The second-order valence-corrected chi connectivity index (χ2v) is 12.1. The second-order valence-electron chi connectivity index (χ2n) is 10.3. The van der Waals surface area contributed by atoms with Crippen LogP contribution in [0.3, 0.4) is 0 Å². The van der Waals surface area contributed by atoms with Crippen molar-refractivity contribution in [2.45, 2.75) is 26.1 Å². The number of thiophene rings is 1. The molecule has 0 saturated heterocycles. The van der Waals surface area contributed by atoms with Crippen LogP contribution < -0.4 is 14.2 Å². The van der Waals surface area contributed by atoms with Gasteiger partial charge in [0.1, 0.15) is 34.5 Å². The molecule has 6 rings (SSSR count). The van der Waals surface area contributed by atoms with Gasteiger partial charge in [-0.05, 0) is 76.4 Å². The molecule has 0 N–H and O–H groups in total. The van der Waals surface area contributed by atoms with Gasteiger partial charge >= 0.3 is 5.97 Å². The first kappa shape index (κ1) is 32.1. The Morgan fingerprint density at radius 2 is 1.66 bits per heavy atom. The summed E-state index contributed by atoms with van der Waals surface area (Å²) in [4.78, 5) is 28.5. The van der Waals surface area contributed by atoms with Crippen molar-refractivity contribution >= 4 is 43.5 Å². The van der Waals surface area contributed by atoms with Crippen molar-refractivity contribution in [2.75, 3.05) is 13.7 Å². The molecule has 3 aromatic carbocycles. The van der Waals surface area contributed by atoms with Gasteiger partial charge in [-0.3, -0.25) is 0 Å². The van der Waals surface area contributed by atoms with E-state index < -0.39 is 12.1 Å². The Balaban J connectivity index is 1.25. The molecule has 0 saturated carbocycles. The van der Waals surface area contributed by atoms with Gasteiger partial charge in [0.05, 0.1) is 35.2 Å². The molecule has 11 heteroatoms. The third-order valence-electron chi connectivity index (χ3n) is 7.24. The fraction of sp³-hybridized carbons (Fsp3) is 0.167. The molecule has 3 aromatic heterocycles. The van der Waals surface area contributed by atoms with Gasteiger partial charge in [0.15, 0.2) is 11.9 Å². The Kier molecular flexibility index (Phi) is 10.0. The van der Waals surface area contributed by atoms with E-state index in [0.717, 1.165) is 26.0 Å². The number of benzene rings is 3. The van der Waals surface area contributed by atoms with Gasteiger partial charge < -0.3 is 18.9 Å². The number of pyridine rings is 1. The maximum Gasteiger partial charge on any atom is 0.347 e. The van der Waals surface area contributed by atoms with Crippen LogP contribution >= 0.6 is 27.3 Å². The van der Waals surface area contributed by atoms with Crippen LogP contribution in [-0.2, 0) is 22.6 Å². The first-order chi connectivity index (χ1) is 22.9. The lowest BCUT2D eigenvalue weighted by Crippen LogP contribution is -2.32. The number of carbonyl (C=O) groups is 1. The number of carbonyl (C=O) groups excluding carboxylic acids is 1. The highest BCUT2D eigenvalue weighted by atomic mass is 79.9.